The zero-order chi connectivity index (χ0) is 22.2. The lowest BCUT2D eigenvalue weighted by atomic mass is 10.1. The fourth-order valence-corrected chi connectivity index (χ4v) is 3.59. The lowest BCUT2D eigenvalue weighted by Crippen LogP contribution is -2.46. The Morgan fingerprint density at radius 2 is 1.76 bits per heavy atom. The molecule has 0 radical (unpaired) electrons. The number of carbonyl (C=O) groups is 3. The van der Waals surface area contributed by atoms with Crippen LogP contribution < -0.4 is 4.74 Å². The van der Waals surface area contributed by atoms with Crippen LogP contribution in [0.15, 0.2) is 24.3 Å². The second-order valence-corrected chi connectivity index (χ2v) is 8.32. The number of aliphatic carboxylic acids is 1. The van der Waals surface area contributed by atoms with E-state index in [1.54, 1.807) is 52.0 Å². The van der Waals surface area contributed by atoms with E-state index in [1.165, 1.54) is 14.2 Å². The van der Waals surface area contributed by atoms with Crippen LogP contribution in [0.3, 0.4) is 0 Å². The number of nitrogens with zero attached hydrogens (tertiary/aromatic N) is 1. The zero-order valence-corrected chi connectivity index (χ0v) is 18.4. The van der Waals surface area contributed by atoms with Gasteiger partial charge in [0, 0.05) is 12.8 Å². The largest absolute Gasteiger partial charge is 0.497 e. The van der Waals surface area contributed by atoms with E-state index < -0.39 is 34.9 Å². The number of esters is 1. The number of benzene rings is 1. The van der Waals surface area contributed by atoms with Gasteiger partial charge in [0.25, 0.3) is 0 Å². The van der Waals surface area contributed by atoms with Crippen molar-refractivity contribution in [3.8, 4) is 5.75 Å². The number of likely N-dealkylation sites (N-methyl/N-ethyl adjacent to an activating group) is 1. The molecular formula is C20H29NO7S. The van der Waals surface area contributed by atoms with Gasteiger partial charge < -0.3 is 19.3 Å². The summed E-state index contributed by atoms with van der Waals surface area (Å²) in [4.78, 5) is 37.5. The van der Waals surface area contributed by atoms with Gasteiger partial charge in [0.1, 0.15) is 22.6 Å². The van der Waals surface area contributed by atoms with Gasteiger partial charge in [0.05, 0.1) is 13.7 Å². The van der Waals surface area contributed by atoms with Crippen molar-refractivity contribution < 1.29 is 33.7 Å². The number of hydrogen-bond donors (Lipinski definition) is 1. The number of methoxy groups -OCH3 is 1. The molecule has 29 heavy (non-hydrogen) atoms. The van der Waals surface area contributed by atoms with Crippen molar-refractivity contribution in [3.63, 3.8) is 0 Å². The summed E-state index contributed by atoms with van der Waals surface area (Å²) >= 11 is 1.09. The van der Waals surface area contributed by atoms with E-state index in [1.807, 2.05) is 0 Å². The molecule has 1 amide bonds. The molecule has 0 aliphatic heterocycles. The molecule has 0 fully saturated rings. The molecule has 1 rings (SSSR count). The molecule has 162 valence electrons. The Morgan fingerprint density at radius 3 is 2.21 bits per heavy atom. The highest BCUT2D eigenvalue weighted by Crippen LogP contribution is 2.32. The van der Waals surface area contributed by atoms with Gasteiger partial charge in [-0.25, -0.2) is 9.59 Å². The highest BCUT2D eigenvalue weighted by atomic mass is 32.2. The number of carboxylic acid groups (broad SMARTS) is 1. The molecule has 1 aromatic rings. The Bertz CT molecular complexity index is 700. The second kappa shape index (κ2) is 10.9. The van der Waals surface area contributed by atoms with E-state index in [-0.39, 0.29) is 12.4 Å². The molecule has 0 aliphatic rings. The lowest BCUT2D eigenvalue weighted by molar-refractivity contribution is -0.143. The number of carbonyl (C=O) groups excluding carboxylic acids is 2. The van der Waals surface area contributed by atoms with Gasteiger partial charge in [-0.3, -0.25) is 9.69 Å². The smallest absolute Gasteiger partial charge is 0.410 e. The average molecular weight is 428 g/mol. The van der Waals surface area contributed by atoms with Crippen LogP contribution in [0.25, 0.3) is 0 Å². The number of thioether (sulfide) groups is 1. The topological polar surface area (TPSA) is 102 Å². The van der Waals surface area contributed by atoms with Crippen LogP contribution in [0.1, 0.15) is 38.5 Å². The van der Waals surface area contributed by atoms with Gasteiger partial charge in [-0.15, -0.1) is 11.8 Å². The van der Waals surface area contributed by atoms with Gasteiger partial charge in [-0.1, -0.05) is 12.1 Å². The fraction of sp³-hybridized carbons (Fsp3) is 0.550. The Kier molecular flexibility index (Phi) is 9.29. The average Bonchev–Trinajstić information content (AvgIpc) is 2.63. The zero-order valence-electron chi connectivity index (χ0n) is 17.6. The molecule has 1 N–H and O–H groups in total. The highest BCUT2D eigenvalue weighted by Gasteiger charge is 2.32. The SMILES string of the molecule is CCOC(=O)C(SCC(C(=O)O)N(C)C(=O)OC(C)(C)C)c1ccc(OC)cc1. The van der Waals surface area contributed by atoms with E-state index in [0.29, 0.717) is 11.3 Å². The van der Waals surface area contributed by atoms with Crippen molar-refractivity contribution in [1.29, 1.82) is 0 Å². The Labute approximate surface area is 175 Å². The van der Waals surface area contributed by atoms with Gasteiger partial charge in [-0.05, 0) is 45.4 Å². The quantitative estimate of drug-likeness (QED) is 0.599. The van der Waals surface area contributed by atoms with Crippen LogP contribution in [0.2, 0.25) is 0 Å². The molecule has 8 nitrogen and oxygen atoms in total. The highest BCUT2D eigenvalue weighted by molar-refractivity contribution is 8.00. The first-order chi connectivity index (χ1) is 13.5. The summed E-state index contributed by atoms with van der Waals surface area (Å²) in [5.41, 5.74) is -0.101. The Morgan fingerprint density at radius 1 is 1.17 bits per heavy atom. The molecule has 0 spiro atoms. The van der Waals surface area contributed by atoms with E-state index in [0.717, 1.165) is 16.7 Å². The van der Waals surface area contributed by atoms with Crippen molar-refractivity contribution in [2.45, 2.75) is 44.6 Å². The number of ether oxygens (including phenoxy) is 3. The van der Waals surface area contributed by atoms with Crippen LogP contribution in [-0.2, 0) is 19.1 Å². The number of rotatable bonds is 9. The number of hydrogen-bond acceptors (Lipinski definition) is 7. The monoisotopic (exact) mass is 427 g/mol. The van der Waals surface area contributed by atoms with Gasteiger partial charge in [-0.2, -0.15) is 0 Å². The predicted octanol–water partition coefficient (Wildman–Crippen LogP) is 3.35. The van der Waals surface area contributed by atoms with Crippen molar-refractivity contribution in [2.24, 2.45) is 0 Å². The van der Waals surface area contributed by atoms with Gasteiger partial charge in [0.15, 0.2) is 0 Å². The molecule has 0 saturated heterocycles. The summed E-state index contributed by atoms with van der Waals surface area (Å²) in [6, 6.07) is 5.69. The van der Waals surface area contributed by atoms with Crippen molar-refractivity contribution in [3.05, 3.63) is 29.8 Å². The standard InChI is InChI=1S/C20H29NO7S/c1-7-27-18(24)16(13-8-10-14(26-6)11-9-13)29-12-15(17(22)23)21(5)19(25)28-20(2,3)4/h8-11,15-16H,7,12H2,1-6H3,(H,22,23). The van der Waals surface area contributed by atoms with Crippen molar-refractivity contribution >= 4 is 29.8 Å². The summed E-state index contributed by atoms with van der Waals surface area (Å²) in [6.45, 7) is 6.99. The van der Waals surface area contributed by atoms with Gasteiger partial charge in [0.2, 0.25) is 0 Å². The van der Waals surface area contributed by atoms with Crippen LogP contribution in [0, 0.1) is 0 Å². The lowest BCUT2D eigenvalue weighted by Gasteiger charge is -2.29. The third-order valence-electron chi connectivity index (χ3n) is 3.77. The maximum Gasteiger partial charge on any atom is 0.410 e. The third kappa shape index (κ3) is 7.84. The molecule has 1 aromatic carbocycles. The van der Waals surface area contributed by atoms with Crippen LogP contribution in [0.5, 0.6) is 5.75 Å². The molecule has 2 atom stereocenters. The Balaban J connectivity index is 2.99. The molecule has 2 unspecified atom stereocenters. The Hall–Kier alpha value is -2.42. The van der Waals surface area contributed by atoms with E-state index >= 15 is 0 Å². The minimum atomic E-state index is -1.19. The summed E-state index contributed by atoms with van der Waals surface area (Å²) in [5, 5.41) is 8.85. The van der Waals surface area contributed by atoms with E-state index in [4.69, 9.17) is 14.2 Å². The predicted molar refractivity (Wildman–Crippen MR) is 110 cm³/mol. The maximum absolute atomic E-state index is 12.4. The molecule has 0 heterocycles. The molecule has 0 bridgehead atoms. The van der Waals surface area contributed by atoms with Crippen molar-refractivity contribution in [2.75, 3.05) is 26.5 Å². The second-order valence-electron chi connectivity index (χ2n) is 7.18. The first-order valence-corrected chi connectivity index (χ1v) is 10.2. The first kappa shape index (κ1) is 24.6. The van der Waals surface area contributed by atoms with Crippen molar-refractivity contribution in [1.82, 2.24) is 4.90 Å². The van der Waals surface area contributed by atoms with E-state index in [9.17, 15) is 19.5 Å². The van der Waals surface area contributed by atoms with E-state index in [2.05, 4.69) is 0 Å². The van der Waals surface area contributed by atoms with Gasteiger partial charge >= 0.3 is 18.0 Å². The molecule has 0 aromatic heterocycles. The number of carboxylic acids is 1. The fourth-order valence-electron chi connectivity index (χ4n) is 2.29. The number of amides is 1. The summed E-state index contributed by atoms with van der Waals surface area (Å²) in [6.07, 6.45) is -0.748. The maximum atomic E-state index is 12.4. The summed E-state index contributed by atoms with van der Waals surface area (Å²) in [5.74, 6) is -1.06. The molecule has 0 aliphatic carbocycles. The van der Waals surface area contributed by atoms with Crippen LogP contribution in [-0.4, -0.2) is 66.2 Å². The molecular weight excluding hydrogens is 398 g/mol. The third-order valence-corrected chi connectivity index (χ3v) is 5.08. The van der Waals surface area contributed by atoms with Crippen LogP contribution >= 0.6 is 11.8 Å². The summed E-state index contributed by atoms with van der Waals surface area (Å²) in [7, 11) is 2.90. The minimum Gasteiger partial charge on any atom is -0.497 e. The van der Waals surface area contributed by atoms with Crippen LogP contribution in [0.4, 0.5) is 4.79 Å². The molecule has 0 saturated carbocycles. The normalized spacial score (nSPS) is 13.2. The minimum absolute atomic E-state index is 0.0272. The summed E-state index contributed by atoms with van der Waals surface area (Å²) < 4.78 is 15.5. The molecule has 9 heteroatoms. The first-order valence-electron chi connectivity index (χ1n) is 9.11.